The molecule has 0 fully saturated rings. The highest BCUT2D eigenvalue weighted by Crippen LogP contribution is 2.14. The van der Waals surface area contributed by atoms with Crippen LogP contribution in [0, 0.1) is 0 Å². The van der Waals surface area contributed by atoms with E-state index >= 15 is 0 Å². The minimum Gasteiger partial charge on any atom is -0.497 e. The summed E-state index contributed by atoms with van der Waals surface area (Å²) in [6.07, 6.45) is 6.47. The molecule has 0 radical (unpaired) electrons. The van der Waals surface area contributed by atoms with Crippen molar-refractivity contribution in [1.29, 1.82) is 0 Å². The largest absolute Gasteiger partial charge is 0.497 e. The highest BCUT2D eigenvalue weighted by atomic mass is 16.5. The maximum absolute atomic E-state index is 5.21. The molecule has 0 atom stereocenters. The number of methoxy groups -OCH3 is 1. The number of benzene rings is 2. The molecular weight excluding hydrogens is 220 g/mol. The third-order valence-corrected chi connectivity index (χ3v) is 2.84. The van der Waals surface area contributed by atoms with Gasteiger partial charge in [0.2, 0.25) is 0 Å². The summed E-state index contributed by atoms with van der Waals surface area (Å²) in [5.74, 6) is 0.930. The van der Waals surface area contributed by atoms with Crippen molar-refractivity contribution in [2.24, 2.45) is 0 Å². The summed E-state index contributed by atoms with van der Waals surface area (Å²) in [4.78, 5) is 0. The molecule has 0 heterocycles. The summed E-state index contributed by atoms with van der Waals surface area (Å²) >= 11 is 0. The molecule has 18 heavy (non-hydrogen) atoms. The molecule has 0 N–H and O–H groups in total. The van der Waals surface area contributed by atoms with Gasteiger partial charge in [-0.05, 0) is 36.1 Å². The van der Waals surface area contributed by atoms with Crippen LogP contribution in [0.25, 0.3) is 6.08 Å². The van der Waals surface area contributed by atoms with Gasteiger partial charge in [0.25, 0.3) is 0 Å². The average molecular weight is 238 g/mol. The second-order valence-electron chi connectivity index (χ2n) is 4.20. The first-order chi connectivity index (χ1) is 8.88. The van der Waals surface area contributed by atoms with Crippen molar-refractivity contribution in [2.75, 3.05) is 7.11 Å². The molecule has 0 amide bonds. The number of hydrogen-bond acceptors (Lipinski definition) is 1. The summed E-state index contributed by atoms with van der Waals surface area (Å²) in [6.45, 7) is 0. The first-order valence-electron chi connectivity index (χ1n) is 6.23. The second kappa shape index (κ2) is 6.65. The van der Waals surface area contributed by atoms with Crippen molar-refractivity contribution in [3.05, 3.63) is 71.8 Å². The smallest absolute Gasteiger partial charge is 0.119 e. The van der Waals surface area contributed by atoms with Crippen LogP contribution in [-0.4, -0.2) is 7.11 Å². The monoisotopic (exact) mass is 238 g/mol. The lowest BCUT2D eigenvalue weighted by molar-refractivity contribution is 0.414. The van der Waals surface area contributed by atoms with Crippen molar-refractivity contribution >= 4 is 6.08 Å². The van der Waals surface area contributed by atoms with Gasteiger partial charge in [-0.25, -0.2) is 0 Å². The molecule has 0 saturated carbocycles. The maximum Gasteiger partial charge on any atom is 0.119 e. The van der Waals surface area contributed by atoms with Crippen LogP contribution in [0.15, 0.2) is 60.7 Å². The molecule has 0 aromatic heterocycles. The molecule has 2 aromatic carbocycles. The zero-order valence-electron chi connectivity index (χ0n) is 10.7. The van der Waals surface area contributed by atoms with Gasteiger partial charge < -0.3 is 4.74 Å². The normalized spacial score (nSPS) is 10.7. The number of ether oxygens (including phenoxy) is 1. The van der Waals surface area contributed by atoms with E-state index in [1.165, 1.54) is 11.1 Å². The van der Waals surface area contributed by atoms with Crippen molar-refractivity contribution in [3.8, 4) is 5.75 Å². The minimum absolute atomic E-state index is 0.930. The van der Waals surface area contributed by atoms with Crippen LogP contribution < -0.4 is 4.74 Å². The Morgan fingerprint density at radius 1 is 1.00 bits per heavy atom. The molecule has 0 spiro atoms. The van der Waals surface area contributed by atoms with Crippen LogP contribution in [0.4, 0.5) is 0 Å². The highest BCUT2D eigenvalue weighted by molar-refractivity contribution is 5.48. The van der Waals surface area contributed by atoms with E-state index in [1.807, 2.05) is 18.2 Å². The first kappa shape index (κ1) is 12.4. The van der Waals surface area contributed by atoms with Crippen LogP contribution in [0.5, 0.6) is 5.75 Å². The predicted octanol–water partition coefficient (Wildman–Crippen LogP) is 4.34. The van der Waals surface area contributed by atoms with Crippen LogP contribution >= 0.6 is 0 Å². The third-order valence-electron chi connectivity index (χ3n) is 2.84. The SMILES string of the molecule is COc1cccc(CC/C=C/c2ccccc2)c1. The summed E-state index contributed by atoms with van der Waals surface area (Å²) in [5, 5.41) is 0. The fourth-order valence-electron chi connectivity index (χ4n) is 1.86. The van der Waals surface area contributed by atoms with E-state index in [0.717, 1.165) is 18.6 Å². The van der Waals surface area contributed by atoms with Gasteiger partial charge in [-0.3, -0.25) is 0 Å². The van der Waals surface area contributed by atoms with Gasteiger partial charge in [-0.2, -0.15) is 0 Å². The van der Waals surface area contributed by atoms with E-state index in [-0.39, 0.29) is 0 Å². The van der Waals surface area contributed by atoms with Crippen LogP contribution in [-0.2, 0) is 6.42 Å². The summed E-state index contributed by atoms with van der Waals surface area (Å²) < 4.78 is 5.21. The Bertz CT molecular complexity index is 500. The molecule has 0 aliphatic rings. The zero-order chi connectivity index (χ0) is 12.6. The fraction of sp³-hybridized carbons (Fsp3) is 0.176. The van der Waals surface area contributed by atoms with E-state index in [9.17, 15) is 0 Å². The predicted molar refractivity (Wildman–Crippen MR) is 76.8 cm³/mol. The number of allylic oxidation sites excluding steroid dienone is 1. The summed E-state index contributed by atoms with van der Waals surface area (Å²) in [7, 11) is 1.70. The molecule has 0 aliphatic carbocycles. The lowest BCUT2D eigenvalue weighted by atomic mass is 10.1. The molecule has 0 unspecified atom stereocenters. The van der Waals surface area contributed by atoms with E-state index in [0.29, 0.717) is 0 Å². The maximum atomic E-state index is 5.21. The Hall–Kier alpha value is -2.02. The minimum atomic E-state index is 0.930. The van der Waals surface area contributed by atoms with Crippen molar-refractivity contribution in [3.63, 3.8) is 0 Å². The molecule has 2 aromatic rings. The van der Waals surface area contributed by atoms with Gasteiger partial charge in [-0.1, -0.05) is 54.6 Å². The van der Waals surface area contributed by atoms with Crippen LogP contribution in [0.1, 0.15) is 17.5 Å². The molecule has 1 heteroatoms. The molecule has 92 valence electrons. The quantitative estimate of drug-likeness (QED) is 0.753. The number of hydrogen-bond donors (Lipinski definition) is 0. The van der Waals surface area contributed by atoms with Gasteiger partial charge in [-0.15, -0.1) is 0 Å². The number of aryl methyl sites for hydroxylation is 1. The van der Waals surface area contributed by atoms with Gasteiger partial charge >= 0.3 is 0 Å². The Balaban J connectivity index is 1.86. The average Bonchev–Trinajstić information content (AvgIpc) is 2.45. The molecule has 0 aliphatic heterocycles. The number of rotatable bonds is 5. The lowest BCUT2D eigenvalue weighted by Crippen LogP contribution is -1.86. The van der Waals surface area contributed by atoms with E-state index in [4.69, 9.17) is 4.74 Å². The first-order valence-corrected chi connectivity index (χ1v) is 6.23. The van der Waals surface area contributed by atoms with Gasteiger partial charge in [0.05, 0.1) is 7.11 Å². The van der Waals surface area contributed by atoms with E-state index in [1.54, 1.807) is 7.11 Å². The highest BCUT2D eigenvalue weighted by Gasteiger charge is 1.94. The van der Waals surface area contributed by atoms with Gasteiger partial charge in [0, 0.05) is 0 Å². The van der Waals surface area contributed by atoms with E-state index in [2.05, 4.69) is 48.6 Å². The van der Waals surface area contributed by atoms with E-state index < -0.39 is 0 Å². The molecule has 2 rings (SSSR count). The third kappa shape index (κ3) is 3.77. The Morgan fingerprint density at radius 3 is 2.61 bits per heavy atom. The van der Waals surface area contributed by atoms with Crippen molar-refractivity contribution < 1.29 is 4.74 Å². The summed E-state index contributed by atoms with van der Waals surface area (Å²) in [6, 6.07) is 18.6. The van der Waals surface area contributed by atoms with Crippen molar-refractivity contribution in [1.82, 2.24) is 0 Å². The molecular formula is C17H18O. The summed E-state index contributed by atoms with van der Waals surface area (Å²) in [5.41, 5.74) is 2.57. The Morgan fingerprint density at radius 2 is 1.83 bits per heavy atom. The molecule has 0 saturated heterocycles. The van der Waals surface area contributed by atoms with Gasteiger partial charge in [0.15, 0.2) is 0 Å². The standard InChI is InChI=1S/C17H18O/c1-18-17-13-7-12-16(14-17)11-6-5-10-15-8-3-2-4-9-15/h2-5,7-10,12-14H,6,11H2,1H3/b10-5+. The second-order valence-corrected chi connectivity index (χ2v) is 4.20. The molecule has 1 nitrogen and oxygen atoms in total. The van der Waals surface area contributed by atoms with Gasteiger partial charge in [0.1, 0.15) is 5.75 Å². The zero-order valence-corrected chi connectivity index (χ0v) is 10.7. The topological polar surface area (TPSA) is 9.23 Å². The Kier molecular flexibility index (Phi) is 4.60. The molecule has 0 bridgehead atoms. The Labute approximate surface area is 109 Å². The lowest BCUT2D eigenvalue weighted by Gasteiger charge is -2.02. The van der Waals surface area contributed by atoms with Crippen LogP contribution in [0.3, 0.4) is 0 Å². The van der Waals surface area contributed by atoms with Crippen LogP contribution in [0.2, 0.25) is 0 Å². The van der Waals surface area contributed by atoms with Crippen molar-refractivity contribution in [2.45, 2.75) is 12.8 Å². The fourth-order valence-corrected chi connectivity index (χ4v) is 1.86.